The van der Waals surface area contributed by atoms with E-state index in [2.05, 4.69) is 245 Å². The zero-order valence-corrected chi connectivity index (χ0v) is 35.2. The Hall–Kier alpha value is -7.22. The van der Waals surface area contributed by atoms with Gasteiger partial charge in [-0.25, -0.2) is 0 Å². The van der Waals surface area contributed by atoms with Crippen LogP contribution < -0.4 is 4.90 Å². The molecule has 292 valence electrons. The Balaban J connectivity index is 1.02. The smallest absolute Gasteiger partial charge is 0.0473 e. The van der Waals surface area contributed by atoms with E-state index in [4.69, 9.17) is 0 Å². The van der Waals surface area contributed by atoms with Gasteiger partial charge >= 0.3 is 0 Å². The average Bonchev–Trinajstić information content (AvgIpc) is 3.69. The van der Waals surface area contributed by atoms with E-state index >= 15 is 0 Å². The Morgan fingerprint density at radius 2 is 0.590 bits per heavy atom. The first kappa shape index (κ1) is 36.8. The highest BCUT2D eigenvalue weighted by molar-refractivity contribution is 5.89. The molecular formula is C60H47N. The summed E-state index contributed by atoms with van der Waals surface area (Å²) in [5, 5.41) is 0. The lowest BCUT2D eigenvalue weighted by Gasteiger charge is -2.27. The molecule has 0 heterocycles. The second-order valence-corrected chi connectivity index (χ2v) is 17.8. The lowest BCUT2D eigenvalue weighted by atomic mass is 9.82. The minimum atomic E-state index is -0.0138. The van der Waals surface area contributed by atoms with Gasteiger partial charge < -0.3 is 4.90 Å². The molecule has 0 saturated carbocycles. The number of rotatable bonds is 7. The predicted molar refractivity (Wildman–Crippen MR) is 258 cm³/mol. The molecule has 0 unspecified atom stereocenters. The predicted octanol–water partition coefficient (Wildman–Crippen LogP) is 16.4. The van der Waals surface area contributed by atoms with Crippen LogP contribution in [-0.4, -0.2) is 0 Å². The van der Waals surface area contributed by atoms with Crippen LogP contribution in [0.1, 0.15) is 49.9 Å². The van der Waals surface area contributed by atoms with E-state index < -0.39 is 0 Å². The van der Waals surface area contributed by atoms with Crippen molar-refractivity contribution in [3.63, 3.8) is 0 Å². The fourth-order valence-corrected chi connectivity index (χ4v) is 10.2. The highest BCUT2D eigenvalue weighted by atomic mass is 15.1. The number of hydrogen-bond donors (Lipinski definition) is 0. The Morgan fingerprint density at radius 1 is 0.246 bits per heavy atom. The third-order valence-electron chi connectivity index (χ3n) is 13.5. The van der Waals surface area contributed by atoms with Crippen LogP contribution in [-0.2, 0) is 10.8 Å². The summed E-state index contributed by atoms with van der Waals surface area (Å²) < 4.78 is 0. The van der Waals surface area contributed by atoms with Gasteiger partial charge in [-0.1, -0.05) is 185 Å². The molecule has 9 aromatic rings. The largest absolute Gasteiger partial charge is 0.310 e. The van der Waals surface area contributed by atoms with Gasteiger partial charge in [-0.2, -0.15) is 0 Å². The van der Waals surface area contributed by atoms with Crippen LogP contribution in [0.25, 0.3) is 66.8 Å². The maximum absolute atomic E-state index is 2.41. The molecule has 0 atom stereocenters. The first-order chi connectivity index (χ1) is 29.7. The summed E-state index contributed by atoms with van der Waals surface area (Å²) in [5.74, 6) is 0. The monoisotopic (exact) mass is 781 g/mol. The summed E-state index contributed by atoms with van der Waals surface area (Å²) in [6.45, 7) is 9.37. The van der Waals surface area contributed by atoms with E-state index in [9.17, 15) is 0 Å². The molecule has 9 aromatic carbocycles. The van der Waals surface area contributed by atoms with Crippen molar-refractivity contribution in [2.24, 2.45) is 0 Å². The SMILES string of the molecule is CC1(C)c2ccccc2-c2cc(-c3ccc(N(c4ccc(-c5ccc6c(c5)-c5ccccc5C6(C)C)cc4)c4cc(-c5ccccc5)cc(-c5ccccc5)c4)cc3)ccc21. The van der Waals surface area contributed by atoms with Crippen LogP contribution in [0.4, 0.5) is 17.1 Å². The fraction of sp³-hybridized carbons (Fsp3) is 0.100. The van der Waals surface area contributed by atoms with Gasteiger partial charge in [-0.3, -0.25) is 0 Å². The summed E-state index contributed by atoms with van der Waals surface area (Å²) in [6.07, 6.45) is 0. The van der Waals surface area contributed by atoms with Crippen molar-refractivity contribution in [2.45, 2.75) is 38.5 Å². The van der Waals surface area contributed by atoms with Crippen molar-refractivity contribution in [1.82, 2.24) is 0 Å². The van der Waals surface area contributed by atoms with Crippen molar-refractivity contribution in [2.75, 3.05) is 4.90 Å². The van der Waals surface area contributed by atoms with Gasteiger partial charge in [0.05, 0.1) is 0 Å². The lowest BCUT2D eigenvalue weighted by Crippen LogP contribution is -2.14. The van der Waals surface area contributed by atoms with Crippen LogP contribution in [0.2, 0.25) is 0 Å². The maximum atomic E-state index is 2.41. The minimum absolute atomic E-state index is 0.0138. The lowest BCUT2D eigenvalue weighted by molar-refractivity contribution is 0.660. The second kappa shape index (κ2) is 14.2. The van der Waals surface area contributed by atoms with Crippen molar-refractivity contribution in [1.29, 1.82) is 0 Å². The van der Waals surface area contributed by atoms with Crippen LogP contribution in [0.5, 0.6) is 0 Å². The molecule has 0 aromatic heterocycles. The van der Waals surface area contributed by atoms with E-state index in [0.717, 1.165) is 17.1 Å². The van der Waals surface area contributed by atoms with Crippen molar-refractivity contribution in [3.05, 3.63) is 235 Å². The molecule has 0 saturated heterocycles. The number of fused-ring (bicyclic) bond motifs is 6. The second-order valence-electron chi connectivity index (χ2n) is 17.8. The number of benzene rings is 9. The van der Waals surface area contributed by atoms with Crippen LogP contribution >= 0.6 is 0 Å². The Bertz CT molecular complexity index is 2890. The van der Waals surface area contributed by atoms with Gasteiger partial charge in [0.15, 0.2) is 0 Å². The van der Waals surface area contributed by atoms with Crippen molar-refractivity contribution in [3.8, 4) is 66.8 Å². The van der Waals surface area contributed by atoms with E-state index in [-0.39, 0.29) is 10.8 Å². The molecule has 1 nitrogen and oxygen atoms in total. The molecule has 11 rings (SSSR count). The number of nitrogens with zero attached hydrogens (tertiary/aromatic N) is 1. The number of hydrogen-bond acceptors (Lipinski definition) is 1. The summed E-state index contributed by atoms with van der Waals surface area (Å²) in [5.41, 5.74) is 23.8. The molecule has 0 amide bonds. The standard InChI is InChI=1S/C60H47N/c1-59(2)55-21-13-11-19-51(55)53-38-44(27-33-57(53)59)42-23-29-48(30-24-42)61(50-36-46(40-15-7-5-8-16-40)35-47(37-50)41-17-9-6-10-18-41)49-31-25-43(26-32-49)45-28-34-58-54(39-45)52-20-12-14-22-56(52)60(58,3)4/h5-39H,1-4H3. The number of anilines is 3. The first-order valence-corrected chi connectivity index (χ1v) is 21.5. The van der Waals surface area contributed by atoms with E-state index in [0.29, 0.717) is 0 Å². The molecule has 61 heavy (non-hydrogen) atoms. The molecule has 0 spiro atoms. The normalized spacial score (nSPS) is 13.8. The van der Waals surface area contributed by atoms with Gasteiger partial charge in [0.2, 0.25) is 0 Å². The molecule has 2 aliphatic rings. The highest BCUT2D eigenvalue weighted by Crippen LogP contribution is 2.51. The Labute approximate surface area is 360 Å². The zero-order valence-electron chi connectivity index (χ0n) is 35.2. The zero-order chi connectivity index (χ0) is 41.3. The van der Waals surface area contributed by atoms with Gasteiger partial charge in [0, 0.05) is 27.9 Å². The summed E-state index contributed by atoms with van der Waals surface area (Å²) in [6, 6.07) is 78.6. The maximum Gasteiger partial charge on any atom is 0.0473 e. The van der Waals surface area contributed by atoms with Crippen molar-refractivity contribution < 1.29 is 0 Å². The van der Waals surface area contributed by atoms with E-state index in [1.807, 2.05) is 0 Å². The fourth-order valence-electron chi connectivity index (χ4n) is 10.2. The molecule has 0 fully saturated rings. The van der Waals surface area contributed by atoms with Gasteiger partial charge in [-0.15, -0.1) is 0 Å². The van der Waals surface area contributed by atoms with Crippen LogP contribution in [0.15, 0.2) is 212 Å². The molecular weight excluding hydrogens is 735 g/mol. The van der Waals surface area contributed by atoms with Gasteiger partial charge in [-0.05, 0) is 144 Å². The van der Waals surface area contributed by atoms with Crippen LogP contribution in [0.3, 0.4) is 0 Å². The van der Waals surface area contributed by atoms with Gasteiger partial charge in [0.1, 0.15) is 0 Å². The molecule has 1 heteroatoms. The molecule has 0 N–H and O–H groups in total. The van der Waals surface area contributed by atoms with Gasteiger partial charge in [0.25, 0.3) is 0 Å². The van der Waals surface area contributed by atoms with Crippen LogP contribution in [0, 0.1) is 0 Å². The molecule has 0 aliphatic heterocycles. The Morgan fingerprint density at radius 3 is 1.02 bits per heavy atom. The Kier molecular flexibility index (Phi) is 8.58. The molecule has 0 radical (unpaired) electrons. The van der Waals surface area contributed by atoms with E-state index in [1.165, 1.54) is 89.0 Å². The van der Waals surface area contributed by atoms with Crippen molar-refractivity contribution >= 4 is 17.1 Å². The molecule has 2 aliphatic carbocycles. The first-order valence-electron chi connectivity index (χ1n) is 21.5. The third-order valence-corrected chi connectivity index (χ3v) is 13.5. The quantitative estimate of drug-likeness (QED) is 0.156. The summed E-state index contributed by atoms with van der Waals surface area (Å²) in [4.78, 5) is 2.41. The summed E-state index contributed by atoms with van der Waals surface area (Å²) in [7, 11) is 0. The summed E-state index contributed by atoms with van der Waals surface area (Å²) >= 11 is 0. The topological polar surface area (TPSA) is 3.24 Å². The van der Waals surface area contributed by atoms with E-state index in [1.54, 1.807) is 0 Å². The minimum Gasteiger partial charge on any atom is -0.310 e. The molecule has 0 bridgehead atoms. The highest BCUT2D eigenvalue weighted by Gasteiger charge is 2.36. The third kappa shape index (κ3) is 6.15. The average molecular weight is 782 g/mol.